The normalized spacial score (nSPS) is 39.7. The summed E-state index contributed by atoms with van der Waals surface area (Å²) in [5.74, 6) is 0.766. The van der Waals surface area contributed by atoms with Crippen LogP contribution in [0.4, 0.5) is 0 Å². The summed E-state index contributed by atoms with van der Waals surface area (Å²) in [7, 11) is 3.74. The number of aromatic nitrogens is 1. The highest BCUT2D eigenvalue weighted by Gasteiger charge is 2.69. The topological polar surface area (TPSA) is 163 Å². The number of hydrogen-bond donors (Lipinski definition) is 2. The van der Waals surface area contributed by atoms with Crippen LogP contribution in [0.5, 0.6) is 0 Å². The maximum absolute atomic E-state index is 15.0. The second kappa shape index (κ2) is 17.2. The molecule has 2 aromatic rings. The maximum Gasteiger partial charge on any atom is 0.324 e. The molecule has 2 aromatic heterocycles. The van der Waals surface area contributed by atoms with Crippen molar-refractivity contribution in [1.29, 1.82) is 0 Å². The van der Waals surface area contributed by atoms with E-state index < -0.39 is 88.7 Å². The first-order chi connectivity index (χ1) is 27.3. The number of Topliss-reactive ketones (excluding diaryl/α,β-unsaturated/α-hetero) is 2. The van der Waals surface area contributed by atoms with E-state index >= 15 is 0 Å². The number of nitrogens with zero attached hydrogens (tertiary/aromatic N) is 2. The molecule has 2 N–H and O–H groups in total. The molecule has 58 heavy (non-hydrogen) atoms. The molecule has 0 saturated carbocycles. The molecular weight excluding hydrogens is 763 g/mol. The SMILES string of the molecule is CC[C@H]1OC(=O)[C@H](C)C(=O)[C@H](C)[C@@H](O[C@@H]2O[C@H](C)C[C@H](N(C)C)[C@H]2O)[C@@](C)(OCC#Cc2ccc(-c3ccccn3)s2)C[C@@H](C)C(=O)C2(C)CNC3C(=O)O[C@@]1(C)C32. The van der Waals surface area contributed by atoms with Gasteiger partial charge in [-0.25, -0.2) is 0 Å². The summed E-state index contributed by atoms with van der Waals surface area (Å²) < 4.78 is 31.9. The first-order valence-corrected chi connectivity index (χ1v) is 21.2. The number of likely N-dealkylation sites (N-methyl/N-ethyl adjacent to an activating group) is 1. The Balaban J connectivity index is 1.41. The number of carbonyl (C=O) groups excluding carboxylic acids is 4. The number of esters is 2. The van der Waals surface area contributed by atoms with Crippen molar-refractivity contribution in [2.45, 2.75) is 129 Å². The zero-order valence-corrected chi connectivity index (χ0v) is 36.1. The second-order valence-corrected chi connectivity index (χ2v) is 18.6. The largest absolute Gasteiger partial charge is 0.458 e. The molecule has 316 valence electrons. The highest BCUT2D eigenvalue weighted by atomic mass is 32.1. The first kappa shape index (κ1) is 44.0. The molecule has 4 aliphatic rings. The molecule has 0 amide bonds. The fraction of sp³-hybridized carbons (Fsp3) is 0.659. The molecule has 6 heterocycles. The van der Waals surface area contributed by atoms with Gasteiger partial charge in [-0.3, -0.25) is 24.2 Å². The Morgan fingerprint density at radius 3 is 2.47 bits per heavy atom. The van der Waals surface area contributed by atoms with Crippen molar-refractivity contribution in [1.82, 2.24) is 15.2 Å². The smallest absolute Gasteiger partial charge is 0.324 e. The number of hydrogen-bond acceptors (Lipinski definition) is 14. The minimum absolute atomic E-state index is 0.0721. The minimum Gasteiger partial charge on any atom is -0.458 e. The van der Waals surface area contributed by atoms with Crippen LogP contribution in [0, 0.1) is 40.9 Å². The van der Waals surface area contributed by atoms with Crippen LogP contribution < -0.4 is 5.32 Å². The summed E-state index contributed by atoms with van der Waals surface area (Å²) in [6.07, 6.45) is -1.97. The summed E-state index contributed by atoms with van der Waals surface area (Å²) in [6.45, 7) is 14.1. The lowest BCUT2D eigenvalue weighted by Crippen LogP contribution is -2.60. The molecule has 0 aromatic carbocycles. The van der Waals surface area contributed by atoms with E-state index in [0.29, 0.717) is 6.42 Å². The number of ether oxygens (including phenoxy) is 5. The summed E-state index contributed by atoms with van der Waals surface area (Å²) in [5.41, 5.74) is -3.02. The lowest BCUT2D eigenvalue weighted by atomic mass is 9.62. The number of cyclic esters (lactones) is 1. The van der Waals surface area contributed by atoms with Crippen LogP contribution in [0.3, 0.4) is 0 Å². The molecule has 13 nitrogen and oxygen atoms in total. The number of nitrogens with one attached hydrogen (secondary N) is 1. The fourth-order valence-corrected chi connectivity index (χ4v) is 10.8. The van der Waals surface area contributed by atoms with E-state index in [1.165, 1.54) is 18.3 Å². The van der Waals surface area contributed by atoms with E-state index in [0.717, 1.165) is 15.4 Å². The van der Waals surface area contributed by atoms with Crippen molar-refractivity contribution in [2.75, 3.05) is 27.2 Å². The van der Waals surface area contributed by atoms with Crippen LogP contribution in [0.2, 0.25) is 0 Å². The summed E-state index contributed by atoms with van der Waals surface area (Å²) in [5, 5.41) is 14.9. The quantitative estimate of drug-likeness (QED) is 0.230. The molecule has 4 saturated heterocycles. The summed E-state index contributed by atoms with van der Waals surface area (Å²) in [6, 6.07) is 8.50. The van der Waals surface area contributed by atoms with Crippen LogP contribution in [-0.4, -0.2) is 120 Å². The fourth-order valence-electron chi connectivity index (χ4n) is 9.94. The lowest BCUT2D eigenvalue weighted by molar-refractivity contribution is -0.296. The third-order valence-corrected chi connectivity index (χ3v) is 14.0. The van der Waals surface area contributed by atoms with E-state index in [-0.39, 0.29) is 43.9 Å². The molecule has 14 atom stereocenters. The monoisotopic (exact) mass is 821 g/mol. The van der Waals surface area contributed by atoms with Crippen LogP contribution in [0.1, 0.15) is 79.5 Å². The van der Waals surface area contributed by atoms with Gasteiger partial charge in [-0.2, -0.15) is 0 Å². The molecule has 3 unspecified atom stereocenters. The van der Waals surface area contributed by atoms with Crippen molar-refractivity contribution in [2.24, 2.45) is 29.1 Å². The molecule has 0 bridgehead atoms. The van der Waals surface area contributed by atoms with Gasteiger partial charge in [-0.15, -0.1) is 11.3 Å². The van der Waals surface area contributed by atoms with Gasteiger partial charge in [0.15, 0.2) is 17.7 Å². The van der Waals surface area contributed by atoms with Crippen LogP contribution in [-0.2, 0) is 42.9 Å². The average molecular weight is 822 g/mol. The number of carbonyl (C=O) groups is 4. The van der Waals surface area contributed by atoms with Crippen molar-refractivity contribution < 1.29 is 48.0 Å². The predicted octanol–water partition coefficient (Wildman–Crippen LogP) is 4.43. The van der Waals surface area contributed by atoms with E-state index in [4.69, 9.17) is 23.7 Å². The number of aliphatic hydroxyl groups is 1. The van der Waals surface area contributed by atoms with Crippen LogP contribution >= 0.6 is 11.3 Å². The predicted molar refractivity (Wildman–Crippen MR) is 216 cm³/mol. The number of rotatable bonds is 7. The van der Waals surface area contributed by atoms with Gasteiger partial charge in [-0.05, 0) is 85.3 Å². The lowest BCUT2D eigenvalue weighted by Gasteiger charge is -2.47. The molecular formula is C44H59N3O10S. The van der Waals surface area contributed by atoms with Gasteiger partial charge in [0, 0.05) is 42.0 Å². The van der Waals surface area contributed by atoms with Gasteiger partial charge in [0.25, 0.3) is 0 Å². The molecule has 14 heteroatoms. The van der Waals surface area contributed by atoms with E-state index in [2.05, 4.69) is 22.1 Å². The van der Waals surface area contributed by atoms with Crippen LogP contribution in [0.25, 0.3) is 10.6 Å². The van der Waals surface area contributed by atoms with E-state index in [9.17, 15) is 24.3 Å². The van der Waals surface area contributed by atoms with E-state index in [1.54, 1.807) is 27.0 Å². The Labute approximate surface area is 345 Å². The van der Waals surface area contributed by atoms with Crippen LogP contribution in [0.15, 0.2) is 36.5 Å². The standard InChI is InChI=1S/C44H59N3O10S/c1-11-32-44(8)36-33(40(52)57-44)46-23-42(36,6)37(50)24(2)22-43(7,53-20-14-15-28-17-18-31(58-28)29-16-12-13-19-45-29)38(26(4)34(48)27(5)39(51)55-32)56-41-35(49)30(47(9)10)21-25(3)54-41/h12-13,16-19,24-27,30,32-33,35-36,38,41,46,49H,11,20-23H2,1-10H3/t24-,25-,26+,27-,30+,32-,33?,35-,36?,38-,41+,42?,43+,44-/m1/s1. The van der Waals surface area contributed by atoms with Gasteiger partial charge in [0.1, 0.15) is 36.6 Å². The third-order valence-electron chi connectivity index (χ3n) is 12.9. The molecule has 0 aliphatic carbocycles. The van der Waals surface area contributed by atoms with Gasteiger partial charge in [0.05, 0.1) is 33.3 Å². The highest BCUT2D eigenvalue weighted by Crippen LogP contribution is 2.53. The Hall–Kier alpha value is -3.55. The number of pyridine rings is 1. The molecule has 0 radical (unpaired) electrons. The Bertz CT molecular complexity index is 1910. The highest BCUT2D eigenvalue weighted by molar-refractivity contribution is 7.16. The summed E-state index contributed by atoms with van der Waals surface area (Å²) in [4.78, 5) is 65.0. The first-order valence-electron chi connectivity index (χ1n) is 20.4. The Morgan fingerprint density at radius 2 is 1.79 bits per heavy atom. The average Bonchev–Trinajstić information content (AvgIpc) is 3.89. The Kier molecular flexibility index (Phi) is 13.1. The zero-order valence-electron chi connectivity index (χ0n) is 35.3. The van der Waals surface area contributed by atoms with Crippen molar-refractivity contribution in [3.05, 3.63) is 41.4 Å². The third kappa shape index (κ3) is 8.29. The molecule has 0 spiro atoms. The van der Waals surface area contributed by atoms with Gasteiger partial charge in [0.2, 0.25) is 0 Å². The number of ketones is 2. The van der Waals surface area contributed by atoms with E-state index in [1.807, 2.05) is 77.0 Å². The van der Waals surface area contributed by atoms with Gasteiger partial charge >= 0.3 is 11.9 Å². The molecule has 4 aliphatic heterocycles. The Morgan fingerprint density at radius 1 is 1.05 bits per heavy atom. The number of aliphatic hydroxyl groups excluding tert-OH is 1. The van der Waals surface area contributed by atoms with Gasteiger partial charge in [-0.1, -0.05) is 45.6 Å². The molecule has 4 fully saturated rings. The van der Waals surface area contributed by atoms with Crippen molar-refractivity contribution in [3.63, 3.8) is 0 Å². The maximum atomic E-state index is 15.0. The van der Waals surface area contributed by atoms with Crippen molar-refractivity contribution >= 4 is 34.8 Å². The van der Waals surface area contributed by atoms with Crippen molar-refractivity contribution in [3.8, 4) is 22.4 Å². The summed E-state index contributed by atoms with van der Waals surface area (Å²) >= 11 is 1.50. The zero-order chi connectivity index (χ0) is 42.3. The number of thiophene rings is 1. The minimum atomic E-state index is -1.41. The second-order valence-electron chi connectivity index (χ2n) is 17.5. The molecule has 6 rings (SSSR count). The van der Waals surface area contributed by atoms with Gasteiger partial charge < -0.3 is 39.0 Å².